The fraction of sp³-hybridized carbons (Fsp3) is 0.929. The van der Waals surface area contributed by atoms with Crippen LogP contribution in [0.15, 0.2) is 0 Å². The van der Waals surface area contributed by atoms with E-state index in [9.17, 15) is 4.79 Å². The minimum absolute atomic E-state index is 0.00125. The van der Waals surface area contributed by atoms with Gasteiger partial charge in [0.25, 0.3) is 0 Å². The summed E-state index contributed by atoms with van der Waals surface area (Å²) in [5.74, 6) is 0.00125. The molecule has 4 nitrogen and oxygen atoms in total. The molecule has 0 aromatic rings. The van der Waals surface area contributed by atoms with Crippen LogP contribution in [0.2, 0.25) is 0 Å². The van der Waals surface area contributed by atoms with Crippen molar-refractivity contribution in [3.05, 3.63) is 0 Å². The summed E-state index contributed by atoms with van der Waals surface area (Å²) < 4.78 is 11.0. The number of nitrogens with one attached hydrogen (secondary N) is 1. The Morgan fingerprint density at radius 2 is 2.22 bits per heavy atom. The predicted octanol–water partition coefficient (Wildman–Crippen LogP) is 1.88. The first-order valence-corrected chi connectivity index (χ1v) is 7.26. The van der Waals surface area contributed by atoms with Gasteiger partial charge in [0.05, 0.1) is 11.5 Å². The Morgan fingerprint density at radius 1 is 1.44 bits per heavy atom. The normalized spacial score (nSPS) is 27.1. The summed E-state index contributed by atoms with van der Waals surface area (Å²) >= 11 is 0. The third-order valence-corrected chi connectivity index (χ3v) is 4.15. The minimum atomic E-state index is -0.237. The van der Waals surface area contributed by atoms with Crippen LogP contribution in [0.25, 0.3) is 0 Å². The van der Waals surface area contributed by atoms with Gasteiger partial charge in [-0.05, 0) is 45.2 Å². The molecule has 2 fully saturated rings. The van der Waals surface area contributed by atoms with E-state index >= 15 is 0 Å². The largest absolute Gasteiger partial charge is 0.463 e. The fourth-order valence-corrected chi connectivity index (χ4v) is 3.04. The lowest BCUT2D eigenvalue weighted by molar-refractivity contribution is -0.161. The lowest BCUT2D eigenvalue weighted by atomic mass is 9.75. The van der Waals surface area contributed by atoms with Crippen molar-refractivity contribution in [1.29, 1.82) is 0 Å². The quantitative estimate of drug-likeness (QED) is 0.762. The van der Waals surface area contributed by atoms with Crippen LogP contribution in [0.4, 0.5) is 0 Å². The van der Waals surface area contributed by atoms with Gasteiger partial charge in [0.2, 0.25) is 0 Å². The molecule has 2 aliphatic rings. The zero-order valence-electron chi connectivity index (χ0n) is 11.4. The molecule has 0 amide bonds. The Bertz CT molecular complexity index is 263. The number of piperidine rings is 1. The minimum Gasteiger partial charge on any atom is -0.463 e. The molecule has 4 heteroatoms. The maximum Gasteiger partial charge on any atom is 0.312 e. The summed E-state index contributed by atoms with van der Waals surface area (Å²) in [7, 11) is 0. The molecule has 2 aliphatic heterocycles. The second kappa shape index (κ2) is 6.53. The van der Waals surface area contributed by atoms with Crippen LogP contribution in [0, 0.1) is 5.41 Å². The van der Waals surface area contributed by atoms with Crippen molar-refractivity contribution in [2.75, 3.05) is 26.3 Å². The number of rotatable bonds is 5. The van der Waals surface area contributed by atoms with Gasteiger partial charge in [-0.15, -0.1) is 0 Å². The summed E-state index contributed by atoms with van der Waals surface area (Å²) in [4.78, 5) is 12.4. The topological polar surface area (TPSA) is 47.6 Å². The number of ether oxygens (including phenoxy) is 2. The molecule has 0 aromatic heterocycles. The van der Waals surface area contributed by atoms with Crippen LogP contribution < -0.4 is 5.32 Å². The van der Waals surface area contributed by atoms with Gasteiger partial charge in [-0.25, -0.2) is 0 Å². The number of hydrogen-bond acceptors (Lipinski definition) is 4. The Kier molecular flexibility index (Phi) is 5.01. The van der Waals surface area contributed by atoms with Crippen molar-refractivity contribution >= 4 is 5.97 Å². The first kappa shape index (κ1) is 13.8. The first-order chi connectivity index (χ1) is 8.77. The Labute approximate surface area is 109 Å². The summed E-state index contributed by atoms with van der Waals surface area (Å²) in [6.07, 6.45) is 6.04. The van der Waals surface area contributed by atoms with Gasteiger partial charge < -0.3 is 14.8 Å². The van der Waals surface area contributed by atoms with Gasteiger partial charge >= 0.3 is 5.97 Å². The molecular weight excluding hydrogens is 230 g/mol. The zero-order valence-corrected chi connectivity index (χ0v) is 11.4. The molecule has 18 heavy (non-hydrogen) atoms. The van der Waals surface area contributed by atoms with Crippen molar-refractivity contribution in [2.45, 2.75) is 51.6 Å². The van der Waals surface area contributed by atoms with Gasteiger partial charge in [-0.3, -0.25) is 4.79 Å². The molecular formula is C14H25NO3. The summed E-state index contributed by atoms with van der Waals surface area (Å²) in [6, 6.07) is 0. The van der Waals surface area contributed by atoms with E-state index in [1.165, 1.54) is 0 Å². The Hall–Kier alpha value is -0.610. The molecule has 2 heterocycles. The monoisotopic (exact) mass is 255 g/mol. The summed E-state index contributed by atoms with van der Waals surface area (Å²) in [6.45, 7) is 5.24. The van der Waals surface area contributed by atoms with E-state index in [0.29, 0.717) is 6.61 Å². The van der Waals surface area contributed by atoms with Gasteiger partial charge in [0.15, 0.2) is 0 Å². The fourth-order valence-electron chi connectivity index (χ4n) is 3.04. The van der Waals surface area contributed by atoms with Crippen molar-refractivity contribution in [3.8, 4) is 0 Å². The highest BCUT2D eigenvalue weighted by atomic mass is 16.6. The van der Waals surface area contributed by atoms with E-state index in [0.717, 1.165) is 58.2 Å². The summed E-state index contributed by atoms with van der Waals surface area (Å²) in [5.41, 5.74) is -0.237. The van der Waals surface area contributed by atoms with Crippen molar-refractivity contribution in [2.24, 2.45) is 5.41 Å². The SMILES string of the molecule is CCCC1(C(=O)OCC2CCCO2)CCNCC1. The third-order valence-electron chi connectivity index (χ3n) is 4.15. The second-order valence-electron chi connectivity index (χ2n) is 5.51. The molecule has 2 saturated heterocycles. The van der Waals surface area contributed by atoms with Crippen molar-refractivity contribution in [1.82, 2.24) is 5.32 Å². The average molecular weight is 255 g/mol. The number of hydrogen-bond donors (Lipinski definition) is 1. The van der Waals surface area contributed by atoms with E-state index in [1.54, 1.807) is 0 Å². The lowest BCUT2D eigenvalue weighted by Crippen LogP contribution is -2.43. The molecule has 104 valence electrons. The molecule has 0 spiro atoms. The van der Waals surface area contributed by atoms with Gasteiger partial charge in [-0.2, -0.15) is 0 Å². The Balaban J connectivity index is 1.86. The van der Waals surface area contributed by atoms with Crippen LogP contribution in [-0.2, 0) is 14.3 Å². The van der Waals surface area contributed by atoms with E-state index in [-0.39, 0.29) is 17.5 Å². The van der Waals surface area contributed by atoms with Crippen LogP contribution in [0.3, 0.4) is 0 Å². The van der Waals surface area contributed by atoms with Crippen molar-refractivity contribution in [3.63, 3.8) is 0 Å². The molecule has 0 aliphatic carbocycles. The maximum atomic E-state index is 12.4. The highest BCUT2D eigenvalue weighted by molar-refractivity contribution is 5.77. The van der Waals surface area contributed by atoms with E-state index < -0.39 is 0 Å². The molecule has 0 aromatic carbocycles. The predicted molar refractivity (Wildman–Crippen MR) is 69.4 cm³/mol. The number of carbonyl (C=O) groups excluding carboxylic acids is 1. The summed E-state index contributed by atoms with van der Waals surface area (Å²) in [5, 5.41) is 3.32. The van der Waals surface area contributed by atoms with E-state index in [2.05, 4.69) is 12.2 Å². The molecule has 0 saturated carbocycles. The number of esters is 1. The average Bonchev–Trinajstić information content (AvgIpc) is 2.90. The van der Waals surface area contributed by atoms with Crippen molar-refractivity contribution < 1.29 is 14.3 Å². The molecule has 2 rings (SSSR count). The van der Waals surface area contributed by atoms with E-state index in [1.807, 2.05) is 0 Å². The van der Waals surface area contributed by atoms with Gasteiger partial charge in [0, 0.05) is 6.61 Å². The highest BCUT2D eigenvalue weighted by Gasteiger charge is 2.40. The van der Waals surface area contributed by atoms with Gasteiger partial charge in [-0.1, -0.05) is 13.3 Å². The molecule has 1 N–H and O–H groups in total. The number of carbonyl (C=O) groups is 1. The smallest absolute Gasteiger partial charge is 0.312 e. The second-order valence-corrected chi connectivity index (χ2v) is 5.51. The molecule has 0 bridgehead atoms. The van der Waals surface area contributed by atoms with Crippen LogP contribution in [0.1, 0.15) is 45.4 Å². The molecule has 0 radical (unpaired) electrons. The maximum absolute atomic E-state index is 12.4. The van der Waals surface area contributed by atoms with Gasteiger partial charge in [0.1, 0.15) is 6.61 Å². The first-order valence-electron chi connectivity index (χ1n) is 7.26. The zero-order chi connectivity index (χ0) is 12.8. The van der Waals surface area contributed by atoms with Crippen LogP contribution >= 0.6 is 0 Å². The highest BCUT2D eigenvalue weighted by Crippen LogP contribution is 2.35. The molecule has 1 atom stereocenters. The Morgan fingerprint density at radius 3 is 2.83 bits per heavy atom. The lowest BCUT2D eigenvalue weighted by Gasteiger charge is -2.35. The molecule has 1 unspecified atom stereocenters. The van der Waals surface area contributed by atoms with Crippen LogP contribution in [0.5, 0.6) is 0 Å². The van der Waals surface area contributed by atoms with Crippen LogP contribution in [-0.4, -0.2) is 38.4 Å². The van der Waals surface area contributed by atoms with E-state index in [4.69, 9.17) is 9.47 Å². The third kappa shape index (κ3) is 3.23. The standard InChI is InChI=1S/C14H25NO3/c1-2-5-14(6-8-15-9-7-14)13(16)18-11-12-4-3-10-17-12/h12,15H,2-11H2,1H3.